The molecule has 1 aliphatic carbocycles. The van der Waals surface area contributed by atoms with Crippen molar-refractivity contribution in [3.8, 4) is 11.1 Å². The second-order valence-electron chi connectivity index (χ2n) is 12.3. The fourth-order valence-electron chi connectivity index (χ4n) is 6.57. The number of hydrogen-bond donors (Lipinski definition) is 2. The summed E-state index contributed by atoms with van der Waals surface area (Å²) in [5.74, 6) is -1.10. The molecule has 51 heavy (non-hydrogen) atoms. The molecule has 0 aliphatic heterocycles. The molecule has 1 aliphatic rings. The summed E-state index contributed by atoms with van der Waals surface area (Å²) in [5, 5.41) is 5.48. The van der Waals surface area contributed by atoms with Crippen molar-refractivity contribution in [2.45, 2.75) is 29.7 Å². The fraction of sp³-hybridized carbons (Fsp3) is 0.186. The smallest absolute Gasteiger partial charge is 0.407 e. The van der Waals surface area contributed by atoms with Gasteiger partial charge < -0.3 is 20.1 Å². The number of fused-ring (bicyclic) bond motifs is 3. The standard InChI is InChI=1S/C43H40N2O5S/c1-3-27-49-41(47)39(29-51-43(31-17-7-4-8-18-31,32-19-9-5-10-20-32)33-21-11-6-12-22-33)45-40(46)30(2)44-42(48)50-28-38-36-25-15-13-23-34(36)35-24-14-16-26-37(35)38/h3-26,30,38-39H,1,27-29H2,2H3,(H,44,48)(H,45,46)/t30-,39+/m1/s1. The first-order chi connectivity index (χ1) is 24.9. The van der Waals surface area contributed by atoms with E-state index in [-0.39, 0.29) is 24.9 Å². The van der Waals surface area contributed by atoms with Gasteiger partial charge in [0, 0.05) is 11.7 Å². The van der Waals surface area contributed by atoms with E-state index in [0.717, 1.165) is 38.9 Å². The van der Waals surface area contributed by atoms with Crippen molar-refractivity contribution >= 4 is 29.7 Å². The van der Waals surface area contributed by atoms with Crippen LogP contribution in [0.4, 0.5) is 4.79 Å². The molecule has 0 radical (unpaired) electrons. The van der Waals surface area contributed by atoms with Crippen LogP contribution in [0.3, 0.4) is 0 Å². The van der Waals surface area contributed by atoms with Crippen molar-refractivity contribution in [1.29, 1.82) is 0 Å². The predicted octanol–water partition coefficient (Wildman–Crippen LogP) is 7.85. The number of carbonyl (C=O) groups excluding carboxylic acids is 3. The molecule has 2 N–H and O–H groups in total. The molecule has 0 bridgehead atoms. The van der Waals surface area contributed by atoms with E-state index in [9.17, 15) is 14.4 Å². The lowest BCUT2D eigenvalue weighted by atomic mass is 9.84. The van der Waals surface area contributed by atoms with Crippen LogP contribution in [0.2, 0.25) is 0 Å². The van der Waals surface area contributed by atoms with E-state index in [1.165, 1.54) is 17.8 Å². The highest BCUT2D eigenvalue weighted by Crippen LogP contribution is 2.49. The molecular weight excluding hydrogens is 657 g/mol. The Labute approximate surface area is 303 Å². The van der Waals surface area contributed by atoms with Crippen molar-refractivity contribution in [3.63, 3.8) is 0 Å². The second-order valence-corrected chi connectivity index (χ2v) is 13.5. The third-order valence-electron chi connectivity index (χ3n) is 9.02. The molecule has 8 heteroatoms. The topological polar surface area (TPSA) is 93.7 Å². The Morgan fingerprint density at radius 1 is 0.706 bits per heavy atom. The first-order valence-corrected chi connectivity index (χ1v) is 17.9. The number of rotatable bonds is 14. The monoisotopic (exact) mass is 696 g/mol. The van der Waals surface area contributed by atoms with Gasteiger partial charge in [0.25, 0.3) is 0 Å². The predicted molar refractivity (Wildman–Crippen MR) is 202 cm³/mol. The maximum absolute atomic E-state index is 13.6. The summed E-state index contributed by atoms with van der Waals surface area (Å²) in [4.78, 5) is 40.0. The summed E-state index contributed by atoms with van der Waals surface area (Å²) in [7, 11) is 0. The Morgan fingerprint density at radius 2 is 1.18 bits per heavy atom. The highest BCUT2D eigenvalue weighted by molar-refractivity contribution is 8.00. The Kier molecular flexibility index (Phi) is 11.3. The SMILES string of the molecule is C=CCOC(=O)[C@H](CSC(c1ccccc1)(c1ccccc1)c1ccccc1)NC(=O)[C@@H](C)NC(=O)OCC1c2ccccc2-c2ccccc21. The van der Waals surface area contributed by atoms with Crippen LogP contribution in [0.1, 0.15) is 40.7 Å². The van der Waals surface area contributed by atoms with E-state index in [2.05, 4.69) is 65.7 Å². The van der Waals surface area contributed by atoms with E-state index in [1.807, 2.05) is 91.0 Å². The third-order valence-corrected chi connectivity index (χ3v) is 10.7. The van der Waals surface area contributed by atoms with Crippen molar-refractivity contribution in [3.05, 3.63) is 180 Å². The number of amides is 2. The van der Waals surface area contributed by atoms with Crippen LogP contribution in [0.15, 0.2) is 152 Å². The lowest BCUT2D eigenvalue weighted by Gasteiger charge is -2.36. The molecule has 6 rings (SSSR count). The summed E-state index contributed by atoms with van der Waals surface area (Å²) < 4.78 is 10.4. The molecule has 0 fully saturated rings. The van der Waals surface area contributed by atoms with Crippen molar-refractivity contribution in [2.24, 2.45) is 0 Å². The van der Waals surface area contributed by atoms with Crippen LogP contribution in [0.5, 0.6) is 0 Å². The quantitative estimate of drug-likeness (QED) is 0.0698. The van der Waals surface area contributed by atoms with Gasteiger partial charge in [-0.15, -0.1) is 11.8 Å². The van der Waals surface area contributed by atoms with Crippen molar-refractivity contribution < 1.29 is 23.9 Å². The van der Waals surface area contributed by atoms with Gasteiger partial charge in [0.05, 0.1) is 4.75 Å². The molecular formula is C43H40N2O5S. The highest BCUT2D eigenvalue weighted by atomic mass is 32.2. The second kappa shape index (κ2) is 16.4. The van der Waals surface area contributed by atoms with E-state index in [0.29, 0.717) is 0 Å². The van der Waals surface area contributed by atoms with E-state index in [1.54, 1.807) is 6.92 Å². The molecule has 5 aromatic carbocycles. The zero-order valence-electron chi connectivity index (χ0n) is 28.4. The molecule has 0 saturated carbocycles. The van der Waals surface area contributed by atoms with Gasteiger partial charge in [0.1, 0.15) is 25.3 Å². The zero-order valence-corrected chi connectivity index (χ0v) is 29.2. The summed E-state index contributed by atoms with van der Waals surface area (Å²) >= 11 is 1.52. The highest BCUT2D eigenvalue weighted by Gasteiger charge is 2.39. The molecule has 0 aromatic heterocycles. The summed E-state index contributed by atoms with van der Waals surface area (Å²) in [6, 6.07) is 44.4. The normalized spacial score (nSPS) is 13.2. The molecule has 2 atom stereocenters. The molecule has 0 heterocycles. The molecule has 0 saturated heterocycles. The maximum Gasteiger partial charge on any atom is 0.407 e. The number of benzene rings is 5. The van der Waals surface area contributed by atoms with E-state index < -0.39 is 34.8 Å². The number of ether oxygens (including phenoxy) is 2. The number of hydrogen-bond acceptors (Lipinski definition) is 6. The molecule has 258 valence electrons. The molecule has 0 spiro atoms. The number of alkyl carbamates (subject to hydrolysis) is 1. The largest absolute Gasteiger partial charge is 0.460 e. The number of thioether (sulfide) groups is 1. The first kappa shape index (κ1) is 35.2. The molecule has 7 nitrogen and oxygen atoms in total. The van der Waals surface area contributed by atoms with E-state index >= 15 is 0 Å². The molecule has 2 amide bonds. The Balaban J connectivity index is 1.18. The van der Waals surface area contributed by atoms with Crippen LogP contribution in [-0.2, 0) is 23.8 Å². The van der Waals surface area contributed by atoms with Gasteiger partial charge in [-0.25, -0.2) is 9.59 Å². The lowest BCUT2D eigenvalue weighted by Crippen LogP contribution is -2.52. The van der Waals surface area contributed by atoms with Gasteiger partial charge in [-0.2, -0.15) is 0 Å². The van der Waals surface area contributed by atoms with Crippen LogP contribution < -0.4 is 10.6 Å². The van der Waals surface area contributed by atoms with Gasteiger partial charge in [0.15, 0.2) is 0 Å². The van der Waals surface area contributed by atoms with Gasteiger partial charge in [0.2, 0.25) is 5.91 Å². The first-order valence-electron chi connectivity index (χ1n) is 16.9. The van der Waals surface area contributed by atoms with Crippen LogP contribution >= 0.6 is 11.8 Å². The Morgan fingerprint density at radius 3 is 1.67 bits per heavy atom. The average Bonchev–Trinajstić information content (AvgIpc) is 3.50. The van der Waals surface area contributed by atoms with Gasteiger partial charge in [-0.05, 0) is 45.9 Å². The van der Waals surface area contributed by atoms with Crippen molar-refractivity contribution in [1.82, 2.24) is 10.6 Å². The summed E-state index contributed by atoms with van der Waals surface area (Å²) in [6.45, 7) is 5.32. The number of nitrogens with one attached hydrogen (secondary N) is 2. The minimum atomic E-state index is -1.04. The third kappa shape index (κ3) is 7.76. The summed E-state index contributed by atoms with van der Waals surface area (Å²) in [5.41, 5.74) is 7.48. The average molecular weight is 697 g/mol. The van der Waals surface area contributed by atoms with E-state index in [4.69, 9.17) is 9.47 Å². The minimum absolute atomic E-state index is 0.00930. The zero-order chi connectivity index (χ0) is 35.6. The molecule has 5 aromatic rings. The summed E-state index contributed by atoms with van der Waals surface area (Å²) in [6.07, 6.45) is 0.754. The van der Waals surface area contributed by atoms with Gasteiger partial charge in [-0.1, -0.05) is 152 Å². The van der Waals surface area contributed by atoms with Gasteiger partial charge in [-0.3, -0.25) is 4.79 Å². The minimum Gasteiger partial charge on any atom is -0.460 e. The Hall–Kier alpha value is -5.60. The fourth-order valence-corrected chi connectivity index (χ4v) is 8.11. The lowest BCUT2D eigenvalue weighted by molar-refractivity contribution is -0.146. The maximum atomic E-state index is 13.6. The van der Waals surface area contributed by atoms with Crippen LogP contribution in [0, 0.1) is 0 Å². The number of esters is 1. The Bertz CT molecular complexity index is 1830. The van der Waals surface area contributed by atoms with Crippen LogP contribution in [-0.4, -0.2) is 49.0 Å². The molecule has 0 unspecified atom stereocenters. The van der Waals surface area contributed by atoms with Gasteiger partial charge >= 0.3 is 12.1 Å². The number of carbonyl (C=O) groups is 3. The van der Waals surface area contributed by atoms with Crippen LogP contribution in [0.25, 0.3) is 11.1 Å². The van der Waals surface area contributed by atoms with Crippen molar-refractivity contribution in [2.75, 3.05) is 19.0 Å².